The molecule has 11 aromatic rings. The first-order valence-corrected chi connectivity index (χ1v) is 22.9. The number of benzene rings is 11. The van der Waals surface area contributed by atoms with Gasteiger partial charge in [0, 0.05) is 5.41 Å². The lowest BCUT2D eigenvalue weighted by molar-refractivity contribution is 0.591. The molecule has 0 heterocycles. The van der Waals surface area contributed by atoms with E-state index >= 15 is 0 Å². The molecule has 0 heteroatoms. The van der Waals surface area contributed by atoms with Crippen molar-refractivity contribution in [1.29, 1.82) is 0 Å². The number of hydrogen-bond donors (Lipinski definition) is 0. The lowest BCUT2D eigenvalue weighted by atomic mass is 9.80. The highest BCUT2D eigenvalue weighted by molar-refractivity contribution is 6.26. The molecule has 0 radical (unpaired) electrons. The zero-order chi connectivity index (χ0) is 43.2. The smallest absolute Gasteiger partial charge is 0.0159 e. The fourth-order valence-corrected chi connectivity index (χ4v) is 11.6. The third kappa shape index (κ3) is 5.29. The average molecular weight is 817 g/mol. The molecule has 0 amide bonds. The minimum Gasteiger partial charge on any atom is -0.0616 e. The Balaban J connectivity index is 0.805. The fraction of sp³-hybridized carbons (Fsp3) is 0.125. The molecule has 2 aliphatic rings. The SMILES string of the molecule is Cc1cc(-c2ccc(-c3ccc4c(c3)C(C)(C)c3cc(-c5ccc(-c6ccc7c8c(cccc68)-c6ccccc6-7)cc5)ccc3-4)cc2)c2ccc3cc(C(C)(C)C)cc4ccc1c2c43. The molecule has 304 valence electrons. The van der Waals surface area contributed by atoms with Crippen LogP contribution < -0.4 is 0 Å². The molecular weight excluding hydrogens is 769 g/mol. The van der Waals surface area contributed by atoms with Gasteiger partial charge in [0.2, 0.25) is 0 Å². The van der Waals surface area contributed by atoms with Crippen LogP contribution in [0.15, 0.2) is 182 Å². The predicted molar refractivity (Wildman–Crippen MR) is 275 cm³/mol. The van der Waals surface area contributed by atoms with Crippen molar-refractivity contribution in [2.24, 2.45) is 0 Å². The first kappa shape index (κ1) is 37.3. The predicted octanol–water partition coefficient (Wildman–Crippen LogP) is 18.0. The van der Waals surface area contributed by atoms with Crippen molar-refractivity contribution in [1.82, 2.24) is 0 Å². The second-order valence-corrected chi connectivity index (χ2v) is 20.1. The summed E-state index contributed by atoms with van der Waals surface area (Å²) in [4.78, 5) is 0. The fourth-order valence-electron chi connectivity index (χ4n) is 11.6. The van der Waals surface area contributed by atoms with Gasteiger partial charge in [-0.3, -0.25) is 0 Å². The topological polar surface area (TPSA) is 0 Å². The van der Waals surface area contributed by atoms with Crippen molar-refractivity contribution in [3.8, 4) is 77.9 Å². The molecule has 0 atom stereocenters. The molecule has 0 aliphatic heterocycles. The Hall–Kier alpha value is -7.28. The Bertz CT molecular complexity index is 3710. The van der Waals surface area contributed by atoms with Crippen molar-refractivity contribution >= 4 is 43.1 Å². The van der Waals surface area contributed by atoms with E-state index < -0.39 is 0 Å². The van der Waals surface area contributed by atoms with Gasteiger partial charge in [-0.25, -0.2) is 0 Å². The first-order chi connectivity index (χ1) is 31.0. The van der Waals surface area contributed by atoms with Crippen molar-refractivity contribution in [2.75, 3.05) is 0 Å². The van der Waals surface area contributed by atoms with Crippen LogP contribution in [0.1, 0.15) is 56.9 Å². The van der Waals surface area contributed by atoms with Gasteiger partial charge in [0.05, 0.1) is 0 Å². The standard InChI is InChI=1S/C64H48/c1-37-32-57(56-29-25-45-34-46(63(2,3)4)33-44-24-26-47(37)62(56)60(44)45)41-20-16-39(17-21-41)43-23-28-52-51-27-22-42(35-58(51)64(5,6)59(52)36-43)38-14-18-40(19-15-38)48-30-31-55-50-11-8-7-10-49(50)54-13-9-12-53(48)61(54)55/h7-36H,1-6H3. The van der Waals surface area contributed by atoms with E-state index in [2.05, 4.69) is 224 Å². The van der Waals surface area contributed by atoms with Gasteiger partial charge >= 0.3 is 0 Å². The van der Waals surface area contributed by atoms with Crippen molar-refractivity contribution in [3.63, 3.8) is 0 Å². The molecule has 0 saturated carbocycles. The molecule has 0 N–H and O–H groups in total. The van der Waals surface area contributed by atoms with E-state index in [4.69, 9.17) is 0 Å². The quantitative estimate of drug-likeness (QED) is 0.155. The molecule has 0 spiro atoms. The van der Waals surface area contributed by atoms with Gasteiger partial charge in [-0.1, -0.05) is 204 Å². The van der Waals surface area contributed by atoms with E-state index in [1.807, 2.05) is 0 Å². The maximum atomic E-state index is 2.45. The average Bonchev–Trinajstić information content (AvgIpc) is 3.76. The Morgan fingerprint density at radius 2 is 0.797 bits per heavy atom. The van der Waals surface area contributed by atoms with E-state index in [1.165, 1.54) is 143 Å². The van der Waals surface area contributed by atoms with E-state index in [9.17, 15) is 0 Å². The molecule has 0 fully saturated rings. The van der Waals surface area contributed by atoms with Gasteiger partial charge in [-0.15, -0.1) is 0 Å². The highest BCUT2D eigenvalue weighted by Crippen LogP contribution is 2.52. The van der Waals surface area contributed by atoms with Crippen LogP contribution in [-0.4, -0.2) is 0 Å². The normalized spacial score (nSPS) is 13.6. The van der Waals surface area contributed by atoms with Crippen LogP contribution in [0.3, 0.4) is 0 Å². The van der Waals surface area contributed by atoms with Crippen LogP contribution in [0.4, 0.5) is 0 Å². The zero-order valence-corrected chi connectivity index (χ0v) is 37.3. The van der Waals surface area contributed by atoms with Gasteiger partial charge in [0.1, 0.15) is 0 Å². The maximum Gasteiger partial charge on any atom is 0.0159 e. The number of aryl methyl sites for hydroxylation is 1. The van der Waals surface area contributed by atoms with E-state index in [1.54, 1.807) is 0 Å². The lowest BCUT2D eigenvalue weighted by Gasteiger charge is -2.23. The lowest BCUT2D eigenvalue weighted by Crippen LogP contribution is -2.15. The summed E-state index contributed by atoms with van der Waals surface area (Å²) < 4.78 is 0. The van der Waals surface area contributed by atoms with Crippen molar-refractivity contribution in [2.45, 2.75) is 52.4 Å². The maximum absolute atomic E-state index is 2.45. The third-order valence-corrected chi connectivity index (χ3v) is 15.1. The highest BCUT2D eigenvalue weighted by atomic mass is 14.4. The summed E-state index contributed by atoms with van der Waals surface area (Å²) >= 11 is 0. The summed E-state index contributed by atoms with van der Waals surface area (Å²) in [5, 5.41) is 10.8. The first-order valence-electron chi connectivity index (χ1n) is 22.9. The van der Waals surface area contributed by atoms with Crippen molar-refractivity contribution < 1.29 is 0 Å². The van der Waals surface area contributed by atoms with Crippen LogP contribution in [0.2, 0.25) is 0 Å². The Morgan fingerprint density at radius 1 is 0.328 bits per heavy atom. The largest absolute Gasteiger partial charge is 0.0616 e. The van der Waals surface area contributed by atoms with E-state index in [0.29, 0.717) is 0 Å². The molecule has 0 saturated heterocycles. The van der Waals surface area contributed by atoms with Crippen molar-refractivity contribution in [3.05, 3.63) is 204 Å². The molecule has 0 nitrogen and oxygen atoms in total. The minimum atomic E-state index is -0.133. The van der Waals surface area contributed by atoms with Crippen LogP contribution in [0.25, 0.3) is 121 Å². The van der Waals surface area contributed by atoms with Crippen LogP contribution in [0, 0.1) is 6.92 Å². The Kier molecular flexibility index (Phi) is 7.65. The molecule has 0 unspecified atom stereocenters. The van der Waals surface area contributed by atoms with Crippen LogP contribution in [-0.2, 0) is 10.8 Å². The molecule has 0 aromatic heterocycles. The second kappa shape index (κ2) is 13.1. The third-order valence-electron chi connectivity index (χ3n) is 15.1. The number of rotatable bonds is 4. The molecule has 11 aromatic carbocycles. The summed E-state index contributed by atoms with van der Waals surface area (Å²) in [5.74, 6) is 0. The summed E-state index contributed by atoms with van der Waals surface area (Å²) in [6.45, 7) is 14.0. The van der Waals surface area contributed by atoms with Crippen LogP contribution in [0.5, 0.6) is 0 Å². The Labute approximate surface area is 375 Å². The monoisotopic (exact) mass is 816 g/mol. The van der Waals surface area contributed by atoms with E-state index in [-0.39, 0.29) is 10.8 Å². The summed E-state index contributed by atoms with van der Waals surface area (Å²) in [6.07, 6.45) is 0. The highest BCUT2D eigenvalue weighted by Gasteiger charge is 2.36. The van der Waals surface area contributed by atoms with Gasteiger partial charge in [0.25, 0.3) is 0 Å². The van der Waals surface area contributed by atoms with Gasteiger partial charge in [-0.2, -0.15) is 0 Å². The van der Waals surface area contributed by atoms with Crippen LogP contribution >= 0.6 is 0 Å². The van der Waals surface area contributed by atoms with Gasteiger partial charge < -0.3 is 0 Å². The molecule has 2 aliphatic carbocycles. The number of fused-ring (bicyclic) bond motifs is 6. The zero-order valence-electron chi connectivity index (χ0n) is 37.3. The molecule has 64 heavy (non-hydrogen) atoms. The minimum absolute atomic E-state index is 0.0964. The molecular formula is C64H48. The molecule has 0 bridgehead atoms. The Morgan fingerprint density at radius 3 is 1.39 bits per heavy atom. The molecule has 13 rings (SSSR count). The summed E-state index contributed by atoms with van der Waals surface area (Å²) in [6, 6.07) is 69.5. The van der Waals surface area contributed by atoms with Gasteiger partial charge in [-0.05, 0) is 168 Å². The van der Waals surface area contributed by atoms with Gasteiger partial charge in [0.15, 0.2) is 0 Å². The summed E-state index contributed by atoms with van der Waals surface area (Å²) in [7, 11) is 0. The second-order valence-electron chi connectivity index (χ2n) is 20.1. The summed E-state index contributed by atoms with van der Waals surface area (Å²) in [5.41, 5.74) is 23.6. The van der Waals surface area contributed by atoms with E-state index in [0.717, 1.165) is 0 Å². The number of hydrogen-bond acceptors (Lipinski definition) is 0.